The molecule has 4 heteroatoms. The van der Waals surface area contributed by atoms with Crippen molar-refractivity contribution < 1.29 is 14.7 Å². The zero-order chi connectivity index (χ0) is 18.6. The molecule has 26 heavy (non-hydrogen) atoms. The van der Waals surface area contributed by atoms with Crippen molar-refractivity contribution in [3.8, 4) is 0 Å². The van der Waals surface area contributed by atoms with Gasteiger partial charge in [0.25, 0.3) is 0 Å². The molecule has 0 spiro atoms. The number of carboxylic acids is 1. The average molecular weight is 351 g/mol. The van der Waals surface area contributed by atoms with E-state index in [-0.39, 0.29) is 16.9 Å². The van der Waals surface area contributed by atoms with E-state index < -0.39 is 5.97 Å². The van der Waals surface area contributed by atoms with Gasteiger partial charge in [0.05, 0.1) is 5.56 Å². The van der Waals surface area contributed by atoms with Gasteiger partial charge in [0.15, 0.2) is 0 Å². The standard InChI is InChI=1S/C22H25NO3/c1-22(18-9-3-2-4-10-18)14-7-15-23(16-22)20(24)13-12-17-8-5-6-11-19(17)21(25)26/h2-6,8-11H,7,12-16H2,1H3,(H,25,26). The summed E-state index contributed by atoms with van der Waals surface area (Å²) in [6.45, 7) is 3.72. The van der Waals surface area contributed by atoms with E-state index in [2.05, 4.69) is 19.1 Å². The minimum Gasteiger partial charge on any atom is -0.478 e. The number of carbonyl (C=O) groups excluding carboxylic acids is 1. The van der Waals surface area contributed by atoms with Gasteiger partial charge < -0.3 is 10.0 Å². The molecular formula is C22H25NO3. The number of piperidine rings is 1. The molecule has 0 radical (unpaired) electrons. The van der Waals surface area contributed by atoms with Crippen molar-refractivity contribution in [2.75, 3.05) is 13.1 Å². The Kier molecular flexibility index (Phi) is 5.40. The lowest BCUT2D eigenvalue weighted by Crippen LogP contribution is -2.47. The Labute approximate surface area is 154 Å². The number of hydrogen-bond acceptors (Lipinski definition) is 2. The van der Waals surface area contributed by atoms with Crippen LogP contribution in [0.4, 0.5) is 0 Å². The quantitative estimate of drug-likeness (QED) is 0.889. The monoisotopic (exact) mass is 351 g/mol. The highest BCUT2D eigenvalue weighted by atomic mass is 16.4. The predicted octanol–water partition coefficient (Wildman–Crippen LogP) is 3.90. The van der Waals surface area contributed by atoms with E-state index in [9.17, 15) is 14.7 Å². The minimum atomic E-state index is -0.942. The first-order valence-electron chi connectivity index (χ1n) is 9.14. The van der Waals surface area contributed by atoms with Crippen LogP contribution in [0.25, 0.3) is 0 Å². The number of hydrogen-bond donors (Lipinski definition) is 1. The molecule has 1 saturated heterocycles. The molecule has 1 amide bonds. The molecule has 1 unspecified atom stereocenters. The molecular weight excluding hydrogens is 326 g/mol. The Balaban J connectivity index is 1.66. The van der Waals surface area contributed by atoms with Crippen LogP contribution < -0.4 is 0 Å². The molecule has 2 aromatic carbocycles. The number of likely N-dealkylation sites (tertiary alicyclic amines) is 1. The van der Waals surface area contributed by atoms with Gasteiger partial charge in [-0.3, -0.25) is 4.79 Å². The second-order valence-electron chi connectivity index (χ2n) is 7.31. The number of rotatable bonds is 5. The molecule has 1 heterocycles. The lowest BCUT2D eigenvalue weighted by atomic mass is 9.76. The molecule has 2 aromatic rings. The summed E-state index contributed by atoms with van der Waals surface area (Å²) in [5.74, 6) is -0.838. The fourth-order valence-electron chi connectivity index (χ4n) is 3.88. The van der Waals surface area contributed by atoms with E-state index >= 15 is 0 Å². The summed E-state index contributed by atoms with van der Waals surface area (Å²) in [4.78, 5) is 26.0. The summed E-state index contributed by atoms with van der Waals surface area (Å²) in [5, 5.41) is 9.28. The summed E-state index contributed by atoms with van der Waals surface area (Å²) in [5.41, 5.74) is 2.26. The number of aryl methyl sites for hydroxylation is 1. The van der Waals surface area contributed by atoms with Crippen LogP contribution >= 0.6 is 0 Å². The smallest absolute Gasteiger partial charge is 0.335 e. The summed E-state index contributed by atoms with van der Waals surface area (Å²) < 4.78 is 0. The van der Waals surface area contributed by atoms with Crippen LogP contribution in [0.15, 0.2) is 54.6 Å². The van der Waals surface area contributed by atoms with Crippen molar-refractivity contribution in [3.63, 3.8) is 0 Å². The third-order valence-electron chi connectivity index (χ3n) is 5.38. The number of benzene rings is 2. The molecule has 0 saturated carbocycles. The van der Waals surface area contributed by atoms with Gasteiger partial charge in [-0.15, -0.1) is 0 Å². The van der Waals surface area contributed by atoms with Gasteiger partial charge in [0.2, 0.25) is 5.91 Å². The summed E-state index contributed by atoms with van der Waals surface area (Å²) in [7, 11) is 0. The maximum atomic E-state index is 12.8. The molecule has 1 atom stereocenters. The molecule has 1 aliphatic rings. The van der Waals surface area contributed by atoms with Crippen molar-refractivity contribution in [2.24, 2.45) is 0 Å². The van der Waals surface area contributed by atoms with Crippen LogP contribution in [0.3, 0.4) is 0 Å². The minimum absolute atomic E-state index is 0.0197. The lowest BCUT2D eigenvalue weighted by Gasteiger charge is -2.41. The van der Waals surface area contributed by atoms with Gasteiger partial charge in [0, 0.05) is 24.9 Å². The Morgan fingerprint density at radius 1 is 1.08 bits per heavy atom. The largest absolute Gasteiger partial charge is 0.478 e. The van der Waals surface area contributed by atoms with E-state index in [0.717, 1.165) is 31.5 Å². The molecule has 1 N–H and O–H groups in total. The first-order chi connectivity index (χ1) is 12.5. The predicted molar refractivity (Wildman–Crippen MR) is 101 cm³/mol. The van der Waals surface area contributed by atoms with Crippen molar-refractivity contribution in [2.45, 2.75) is 38.0 Å². The SMILES string of the molecule is CC1(c2ccccc2)CCCN(C(=O)CCc2ccccc2C(=O)O)C1. The highest BCUT2D eigenvalue weighted by molar-refractivity contribution is 5.89. The van der Waals surface area contributed by atoms with Crippen LogP contribution in [0.2, 0.25) is 0 Å². The number of carbonyl (C=O) groups is 2. The normalized spacial score (nSPS) is 20.0. The topological polar surface area (TPSA) is 57.6 Å². The molecule has 4 nitrogen and oxygen atoms in total. The third kappa shape index (κ3) is 3.96. The van der Waals surface area contributed by atoms with E-state index in [1.807, 2.05) is 29.2 Å². The molecule has 0 bridgehead atoms. The Bertz CT molecular complexity index is 787. The van der Waals surface area contributed by atoms with Gasteiger partial charge in [-0.1, -0.05) is 55.5 Å². The maximum absolute atomic E-state index is 12.8. The summed E-state index contributed by atoms with van der Waals surface area (Å²) in [6, 6.07) is 17.3. The van der Waals surface area contributed by atoms with E-state index in [1.165, 1.54) is 5.56 Å². The second kappa shape index (κ2) is 7.73. The average Bonchev–Trinajstić information content (AvgIpc) is 2.67. The van der Waals surface area contributed by atoms with Gasteiger partial charge in [-0.25, -0.2) is 4.79 Å². The zero-order valence-electron chi connectivity index (χ0n) is 15.1. The fraction of sp³-hybridized carbons (Fsp3) is 0.364. The molecule has 1 aliphatic heterocycles. The Hall–Kier alpha value is -2.62. The van der Waals surface area contributed by atoms with Crippen LogP contribution in [0.1, 0.15) is 47.7 Å². The van der Waals surface area contributed by atoms with Crippen LogP contribution in [0, 0.1) is 0 Å². The van der Waals surface area contributed by atoms with Crippen molar-refractivity contribution in [1.82, 2.24) is 4.90 Å². The molecule has 3 rings (SSSR count). The summed E-state index contributed by atoms with van der Waals surface area (Å²) >= 11 is 0. The fourth-order valence-corrected chi connectivity index (χ4v) is 3.88. The lowest BCUT2D eigenvalue weighted by molar-refractivity contribution is -0.133. The molecule has 1 fully saturated rings. The van der Waals surface area contributed by atoms with Gasteiger partial charge in [0.1, 0.15) is 0 Å². The highest BCUT2D eigenvalue weighted by Crippen LogP contribution is 2.33. The van der Waals surface area contributed by atoms with Crippen molar-refractivity contribution in [3.05, 3.63) is 71.3 Å². The number of nitrogens with zero attached hydrogens (tertiary/aromatic N) is 1. The highest BCUT2D eigenvalue weighted by Gasteiger charge is 2.34. The van der Waals surface area contributed by atoms with Gasteiger partial charge in [-0.05, 0) is 36.5 Å². The van der Waals surface area contributed by atoms with Crippen molar-refractivity contribution in [1.29, 1.82) is 0 Å². The number of carboxylic acid groups (broad SMARTS) is 1. The molecule has 136 valence electrons. The third-order valence-corrected chi connectivity index (χ3v) is 5.38. The maximum Gasteiger partial charge on any atom is 0.335 e. The van der Waals surface area contributed by atoms with Crippen LogP contribution in [0.5, 0.6) is 0 Å². The number of aromatic carboxylic acids is 1. The van der Waals surface area contributed by atoms with Crippen LogP contribution in [-0.2, 0) is 16.6 Å². The van der Waals surface area contributed by atoms with E-state index in [0.29, 0.717) is 12.8 Å². The van der Waals surface area contributed by atoms with E-state index in [1.54, 1.807) is 18.2 Å². The van der Waals surface area contributed by atoms with E-state index in [4.69, 9.17) is 0 Å². The van der Waals surface area contributed by atoms with Gasteiger partial charge >= 0.3 is 5.97 Å². The second-order valence-corrected chi connectivity index (χ2v) is 7.31. The van der Waals surface area contributed by atoms with Crippen molar-refractivity contribution >= 4 is 11.9 Å². The van der Waals surface area contributed by atoms with Gasteiger partial charge in [-0.2, -0.15) is 0 Å². The Morgan fingerprint density at radius 3 is 2.50 bits per heavy atom. The zero-order valence-corrected chi connectivity index (χ0v) is 15.1. The molecule has 0 aliphatic carbocycles. The molecule has 0 aromatic heterocycles. The van der Waals surface area contributed by atoms with Crippen LogP contribution in [-0.4, -0.2) is 35.0 Å². The first kappa shape index (κ1) is 18.2. The summed E-state index contributed by atoms with van der Waals surface area (Å²) in [6.07, 6.45) is 2.86. The Morgan fingerprint density at radius 2 is 1.77 bits per heavy atom. The number of amides is 1. The first-order valence-corrected chi connectivity index (χ1v) is 9.14.